The molecular formula is C15H23NO2. The fourth-order valence-electron chi connectivity index (χ4n) is 2.81. The molecule has 1 aliphatic rings. The topological polar surface area (TPSA) is 30.5 Å². The van der Waals surface area contributed by atoms with Gasteiger partial charge in [0.1, 0.15) is 0 Å². The van der Waals surface area contributed by atoms with E-state index in [2.05, 4.69) is 36.5 Å². The molecule has 0 amide bonds. The molecule has 3 heteroatoms. The molecule has 3 nitrogen and oxygen atoms in total. The Kier molecular flexibility index (Phi) is 4.38. The fraction of sp³-hybridized carbons (Fsp3) is 0.600. The number of methoxy groups -OCH3 is 2. The molecule has 100 valence electrons. The Morgan fingerprint density at radius 2 is 1.89 bits per heavy atom. The lowest BCUT2D eigenvalue weighted by Crippen LogP contribution is -2.54. The molecule has 0 radical (unpaired) electrons. The van der Waals surface area contributed by atoms with Gasteiger partial charge >= 0.3 is 0 Å². The first-order chi connectivity index (χ1) is 8.75. The minimum absolute atomic E-state index is 0.0902. The summed E-state index contributed by atoms with van der Waals surface area (Å²) in [5.41, 5.74) is 1.22. The van der Waals surface area contributed by atoms with E-state index in [4.69, 9.17) is 9.47 Å². The van der Waals surface area contributed by atoms with Crippen LogP contribution < -0.4 is 5.32 Å². The normalized spacial score (nSPS) is 27.1. The first-order valence-electron chi connectivity index (χ1n) is 6.67. The summed E-state index contributed by atoms with van der Waals surface area (Å²) in [4.78, 5) is 0. The number of piperidine rings is 1. The van der Waals surface area contributed by atoms with E-state index in [0.29, 0.717) is 6.04 Å². The van der Waals surface area contributed by atoms with Crippen molar-refractivity contribution < 1.29 is 9.47 Å². The van der Waals surface area contributed by atoms with Crippen molar-refractivity contribution >= 4 is 0 Å². The zero-order chi connectivity index (χ0) is 13.0. The summed E-state index contributed by atoms with van der Waals surface area (Å²) in [5, 5.41) is 3.66. The third kappa shape index (κ3) is 2.44. The Labute approximate surface area is 109 Å². The summed E-state index contributed by atoms with van der Waals surface area (Å²) in [6, 6.07) is 11.0. The second kappa shape index (κ2) is 5.83. The maximum Gasteiger partial charge on any atom is 0.187 e. The molecule has 2 atom stereocenters. The average Bonchev–Trinajstić information content (AvgIpc) is 2.47. The van der Waals surface area contributed by atoms with Gasteiger partial charge in [0.25, 0.3) is 0 Å². The Morgan fingerprint density at radius 1 is 1.22 bits per heavy atom. The highest BCUT2D eigenvalue weighted by Crippen LogP contribution is 2.38. The van der Waals surface area contributed by atoms with Crippen molar-refractivity contribution in [3.05, 3.63) is 35.9 Å². The number of hydrogen-bond donors (Lipinski definition) is 1. The monoisotopic (exact) mass is 249 g/mol. The lowest BCUT2D eigenvalue weighted by molar-refractivity contribution is -0.243. The summed E-state index contributed by atoms with van der Waals surface area (Å²) < 4.78 is 11.4. The van der Waals surface area contributed by atoms with Crippen LogP contribution in [0.25, 0.3) is 0 Å². The molecule has 1 N–H and O–H groups in total. The highest BCUT2D eigenvalue weighted by atomic mass is 16.7. The molecule has 1 fully saturated rings. The first-order valence-corrected chi connectivity index (χ1v) is 6.67. The van der Waals surface area contributed by atoms with E-state index in [1.807, 2.05) is 6.07 Å². The lowest BCUT2D eigenvalue weighted by atomic mass is 9.86. The molecule has 18 heavy (non-hydrogen) atoms. The van der Waals surface area contributed by atoms with E-state index in [1.165, 1.54) is 5.56 Å². The molecule has 2 unspecified atom stereocenters. The number of benzene rings is 1. The average molecular weight is 249 g/mol. The minimum atomic E-state index is -0.549. The van der Waals surface area contributed by atoms with Crippen molar-refractivity contribution in [3.8, 4) is 0 Å². The number of nitrogens with one attached hydrogen (secondary N) is 1. The van der Waals surface area contributed by atoms with Gasteiger partial charge in [0, 0.05) is 26.7 Å². The van der Waals surface area contributed by atoms with E-state index in [9.17, 15) is 0 Å². The fourth-order valence-corrected chi connectivity index (χ4v) is 2.81. The van der Waals surface area contributed by atoms with E-state index >= 15 is 0 Å². The van der Waals surface area contributed by atoms with E-state index < -0.39 is 5.79 Å². The summed E-state index contributed by atoms with van der Waals surface area (Å²) in [7, 11) is 3.46. The molecule has 1 aromatic rings. The van der Waals surface area contributed by atoms with Crippen LogP contribution in [0.3, 0.4) is 0 Å². The Bertz CT molecular complexity index is 362. The van der Waals surface area contributed by atoms with Crippen molar-refractivity contribution in [2.45, 2.75) is 44.1 Å². The van der Waals surface area contributed by atoms with Crippen LogP contribution in [0.1, 0.15) is 37.8 Å². The standard InChI is InChI=1S/C15H23NO2/c1-4-13-10-11-15(17-2,18-3)14(16-13)12-8-6-5-7-9-12/h5-9,13-14,16H,4,10-11H2,1-3H3. The molecule has 1 aliphatic heterocycles. The van der Waals surface area contributed by atoms with Crippen molar-refractivity contribution in [2.24, 2.45) is 0 Å². The van der Waals surface area contributed by atoms with Crippen molar-refractivity contribution in [1.29, 1.82) is 0 Å². The van der Waals surface area contributed by atoms with Gasteiger partial charge in [-0.05, 0) is 18.4 Å². The van der Waals surface area contributed by atoms with Crippen LogP contribution in [0.15, 0.2) is 30.3 Å². The molecule has 0 aliphatic carbocycles. The highest BCUT2D eigenvalue weighted by Gasteiger charge is 2.44. The highest BCUT2D eigenvalue weighted by molar-refractivity contribution is 5.22. The SMILES string of the molecule is CCC1CCC(OC)(OC)C(c2ccccc2)N1. The predicted octanol–water partition coefficient (Wildman–Crippen LogP) is 2.88. The smallest absolute Gasteiger partial charge is 0.187 e. The molecule has 1 aromatic carbocycles. The van der Waals surface area contributed by atoms with Crippen LogP contribution >= 0.6 is 0 Å². The van der Waals surface area contributed by atoms with Gasteiger partial charge in [-0.25, -0.2) is 0 Å². The number of hydrogen-bond acceptors (Lipinski definition) is 3. The summed E-state index contributed by atoms with van der Waals surface area (Å²) in [5.74, 6) is -0.549. The van der Waals surface area contributed by atoms with E-state index in [-0.39, 0.29) is 6.04 Å². The van der Waals surface area contributed by atoms with Crippen molar-refractivity contribution in [1.82, 2.24) is 5.32 Å². The van der Waals surface area contributed by atoms with Crippen LogP contribution in [-0.2, 0) is 9.47 Å². The molecule has 0 spiro atoms. The Balaban J connectivity index is 2.30. The summed E-state index contributed by atoms with van der Waals surface area (Å²) in [6.45, 7) is 2.21. The molecule has 1 heterocycles. The Morgan fingerprint density at radius 3 is 2.44 bits per heavy atom. The molecule has 2 rings (SSSR count). The maximum atomic E-state index is 5.70. The molecule has 0 aromatic heterocycles. The second-order valence-corrected chi connectivity index (χ2v) is 4.87. The van der Waals surface area contributed by atoms with Crippen LogP contribution in [-0.4, -0.2) is 26.0 Å². The molecule has 1 saturated heterocycles. The minimum Gasteiger partial charge on any atom is -0.351 e. The van der Waals surface area contributed by atoms with Gasteiger partial charge in [-0.15, -0.1) is 0 Å². The summed E-state index contributed by atoms with van der Waals surface area (Å²) >= 11 is 0. The maximum absolute atomic E-state index is 5.70. The quantitative estimate of drug-likeness (QED) is 0.832. The predicted molar refractivity (Wildman–Crippen MR) is 72.4 cm³/mol. The van der Waals surface area contributed by atoms with Crippen molar-refractivity contribution in [2.75, 3.05) is 14.2 Å². The zero-order valence-electron chi connectivity index (χ0n) is 11.5. The van der Waals surface area contributed by atoms with Gasteiger partial charge in [0.2, 0.25) is 0 Å². The third-order valence-corrected chi connectivity index (χ3v) is 4.00. The lowest BCUT2D eigenvalue weighted by Gasteiger charge is -2.45. The Hall–Kier alpha value is -0.900. The number of rotatable bonds is 4. The van der Waals surface area contributed by atoms with Crippen LogP contribution in [0.2, 0.25) is 0 Å². The van der Waals surface area contributed by atoms with Gasteiger partial charge in [-0.3, -0.25) is 0 Å². The van der Waals surface area contributed by atoms with Gasteiger partial charge in [-0.1, -0.05) is 37.3 Å². The summed E-state index contributed by atoms with van der Waals surface area (Å²) in [6.07, 6.45) is 3.14. The van der Waals surface area contributed by atoms with Gasteiger partial charge in [0.05, 0.1) is 6.04 Å². The van der Waals surface area contributed by atoms with Gasteiger partial charge in [-0.2, -0.15) is 0 Å². The largest absolute Gasteiger partial charge is 0.351 e. The van der Waals surface area contributed by atoms with E-state index in [0.717, 1.165) is 19.3 Å². The molecular weight excluding hydrogens is 226 g/mol. The van der Waals surface area contributed by atoms with Crippen LogP contribution in [0.4, 0.5) is 0 Å². The van der Waals surface area contributed by atoms with Crippen molar-refractivity contribution in [3.63, 3.8) is 0 Å². The van der Waals surface area contributed by atoms with Crippen LogP contribution in [0, 0.1) is 0 Å². The number of ether oxygens (including phenoxy) is 2. The second-order valence-electron chi connectivity index (χ2n) is 4.87. The van der Waals surface area contributed by atoms with Gasteiger partial charge < -0.3 is 14.8 Å². The third-order valence-electron chi connectivity index (χ3n) is 4.00. The van der Waals surface area contributed by atoms with Crippen LogP contribution in [0.5, 0.6) is 0 Å². The first kappa shape index (κ1) is 13.5. The molecule has 0 saturated carbocycles. The van der Waals surface area contributed by atoms with Gasteiger partial charge in [0.15, 0.2) is 5.79 Å². The zero-order valence-corrected chi connectivity index (χ0v) is 11.5. The van der Waals surface area contributed by atoms with E-state index in [1.54, 1.807) is 14.2 Å². The molecule has 0 bridgehead atoms.